The van der Waals surface area contributed by atoms with Gasteiger partial charge in [0.2, 0.25) is 12.5 Å². The van der Waals surface area contributed by atoms with Crippen LogP contribution in [0.25, 0.3) is 0 Å². The minimum atomic E-state index is -0.850. The maximum atomic E-state index is 13.1. The van der Waals surface area contributed by atoms with Gasteiger partial charge in [-0.1, -0.05) is 13.8 Å². The molecule has 3 aliphatic rings. The first-order valence-corrected chi connectivity index (χ1v) is 11.1. The van der Waals surface area contributed by atoms with Crippen molar-refractivity contribution in [2.75, 3.05) is 41.3 Å². The molecule has 1 saturated heterocycles. The summed E-state index contributed by atoms with van der Waals surface area (Å²) in [5.74, 6) is 1.44. The predicted molar refractivity (Wildman–Crippen MR) is 120 cm³/mol. The summed E-state index contributed by atoms with van der Waals surface area (Å²) in [6.07, 6.45) is -0.850. The van der Waals surface area contributed by atoms with E-state index >= 15 is 0 Å². The molecule has 1 aliphatic carbocycles. The molecule has 8 heteroatoms. The van der Waals surface area contributed by atoms with E-state index in [2.05, 4.69) is 0 Å². The fourth-order valence-corrected chi connectivity index (χ4v) is 5.05. The standard InChI is InChI=1S/C23H24O8.C2H6/c1-26-18-4-11(5-19(27-2)23(18)28-3)20-12-6-16-17(31-10-30-16)7-13(12)22(25)14-8-29-9-15(24)21(14)20;1-2/h4-7,14,20-22,25H,8-10H2,1-3H3;1-2H3/t14?,20-,21?,22+;/m1./s1. The topological polar surface area (TPSA) is 92.7 Å². The molecule has 8 nitrogen and oxygen atoms in total. The smallest absolute Gasteiger partial charge is 0.231 e. The Morgan fingerprint density at radius 2 is 1.52 bits per heavy atom. The Hall–Kier alpha value is -2.97. The number of fused-ring (bicyclic) bond motifs is 3. The maximum Gasteiger partial charge on any atom is 0.231 e. The Bertz CT molecular complexity index is 1010. The summed E-state index contributed by atoms with van der Waals surface area (Å²) in [7, 11) is 4.66. The van der Waals surface area contributed by atoms with E-state index in [4.69, 9.17) is 28.4 Å². The number of ether oxygens (including phenoxy) is 6. The summed E-state index contributed by atoms with van der Waals surface area (Å²) in [4.78, 5) is 13.1. The zero-order valence-corrected chi connectivity index (χ0v) is 19.5. The lowest BCUT2D eigenvalue weighted by molar-refractivity contribution is -0.144. The minimum absolute atomic E-state index is 0.0225. The third-order valence-electron chi connectivity index (χ3n) is 6.43. The summed E-state index contributed by atoms with van der Waals surface area (Å²) in [5, 5.41) is 11.2. The van der Waals surface area contributed by atoms with Gasteiger partial charge in [-0.15, -0.1) is 0 Å². The normalized spacial score (nSPS) is 24.7. The molecule has 0 amide bonds. The minimum Gasteiger partial charge on any atom is -0.493 e. The molecule has 178 valence electrons. The van der Waals surface area contributed by atoms with Crippen LogP contribution in [-0.4, -0.2) is 52.2 Å². The SMILES string of the molecule is CC.COc1cc([C@@H]2c3cc4c(cc3[C@H](O)C3COCC(=O)C32)OCO4)cc(OC)c1OC. The molecule has 2 aromatic carbocycles. The zero-order chi connectivity index (χ0) is 23.7. The van der Waals surface area contributed by atoms with Gasteiger partial charge in [-0.2, -0.15) is 0 Å². The van der Waals surface area contributed by atoms with Gasteiger partial charge in [0, 0.05) is 17.8 Å². The molecule has 2 aliphatic heterocycles. The lowest BCUT2D eigenvalue weighted by Crippen LogP contribution is -2.46. The number of hydrogen-bond donors (Lipinski definition) is 1. The highest BCUT2D eigenvalue weighted by atomic mass is 16.7. The Morgan fingerprint density at radius 3 is 2.09 bits per heavy atom. The number of aliphatic hydroxyl groups is 1. The van der Waals surface area contributed by atoms with Crippen LogP contribution in [0.5, 0.6) is 28.7 Å². The van der Waals surface area contributed by atoms with Crippen LogP contribution < -0.4 is 23.7 Å². The Kier molecular flexibility index (Phi) is 6.67. The summed E-state index contributed by atoms with van der Waals surface area (Å²) in [6, 6.07) is 7.39. The molecule has 0 aromatic heterocycles. The molecule has 1 fully saturated rings. The van der Waals surface area contributed by atoms with Crippen LogP contribution in [0, 0.1) is 11.8 Å². The second-order valence-corrected chi connectivity index (χ2v) is 7.89. The molecule has 0 radical (unpaired) electrons. The average molecular weight is 459 g/mol. The van der Waals surface area contributed by atoms with Crippen LogP contribution in [0.3, 0.4) is 0 Å². The first kappa shape index (κ1) is 23.2. The van der Waals surface area contributed by atoms with E-state index < -0.39 is 12.0 Å². The van der Waals surface area contributed by atoms with Gasteiger partial charge in [0.05, 0.1) is 34.0 Å². The van der Waals surface area contributed by atoms with Crippen molar-refractivity contribution in [3.63, 3.8) is 0 Å². The monoisotopic (exact) mass is 458 g/mol. The zero-order valence-electron chi connectivity index (χ0n) is 19.5. The molecule has 33 heavy (non-hydrogen) atoms. The molecular weight excluding hydrogens is 428 g/mol. The molecule has 0 bridgehead atoms. The average Bonchev–Trinajstić information content (AvgIpc) is 3.32. The van der Waals surface area contributed by atoms with Crippen LogP contribution in [0.1, 0.15) is 42.6 Å². The van der Waals surface area contributed by atoms with Crippen molar-refractivity contribution in [2.24, 2.45) is 11.8 Å². The van der Waals surface area contributed by atoms with E-state index in [0.717, 1.165) is 11.1 Å². The van der Waals surface area contributed by atoms with Gasteiger partial charge in [0.15, 0.2) is 28.8 Å². The van der Waals surface area contributed by atoms with Gasteiger partial charge in [0.1, 0.15) is 6.61 Å². The van der Waals surface area contributed by atoms with E-state index in [1.165, 1.54) is 0 Å². The summed E-state index contributed by atoms with van der Waals surface area (Å²) in [6.45, 7) is 4.44. The number of carbonyl (C=O) groups is 1. The van der Waals surface area contributed by atoms with Crippen molar-refractivity contribution in [1.82, 2.24) is 0 Å². The Balaban J connectivity index is 0.00000126. The van der Waals surface area contributed by atoms with Gasteiger partial charge in [-0.25, -0.2) is 0 Å². The highest BCUT2D eigenvalue weighted by molar-refractivity contribution is 5.85. The van der Waals surface area contributed by atoms with Crippen molar-refractivity contribution >= 4 is 5.78 Å². The number of aliphatic hydroxyl groups excluding tert-OH is 1. The van der Waals surface area contributed by atoms with Gasteiger partial charge < -0.3 is 33.5 Å². The molecule has 5 rings (SSSR count). The molecule has 1 N–H and O–H groups in total. The number of methoxy groups -OCH3 is 3. The quantitative estimate of drug-likeness (QED) is 0.745. The number of rotatable bonds is 4. The first-order chi connectivity index (χ1) is 16.1. The second kappa shape index (κ2) is 9.49. The fraction of sp³-hybridized carbons (Fsp3) is 0.480. The Labute approximate surface area is 193 Å². The largest absolute Gasteiger partial charge is 0.493 e. The molecule has 4 atom stereocenters. The second-order valence-electron chi connectivity index (χ2n) is 7.89. The van der Waals surface area contributed by atoms with Gasteiger partial charge >= 0.3 is 0 Å². The van der Waals surface area contributed by atoms with Crippen LogP contribution in [0.2, 0.25) is 0 Å². The van der Waals surface area contributed by atoms with Crippen LogP contribution in [-0.2, 0) is 9.53 Å². The summed E-state index contributed by atoms with van der Waals surface area (Å²) >= 11 is 0. The highest BCUT2D eigenvalue weighted by Crippen LogP contribution is 2.54. The lowest BCUT2D eigenvalue weighted by Gasteiger charge is -2.44. The highest BCUT2D eigenvalue weighted by Gasteiger charge is 2.49. The Morgan fingerprint density at radius 1 is 0.909 bits per heavy atom. The van der Waals surface area contributed by atoms with E-state index in [9.17, 15) is 9.90 Å². The number of hydrogen-bond acceptors (Lipinski definition) is 8. The molecule has 0 spiro atoms. The third kappa shape index (κ3) is 3.77. The number of ketones is 1. The van der Waals surface area contributed by atoms with Crippen molar-refractivity contribution in [3.05, 3.63) is 41.0 Å². The fourth-order valence-electron chi connectivity index (χ4n) is 5.05. The predicted octanol–water partition coefficient (Wildman–Crippen LogP) is 3.48. The molecule has 2 aromatic rings. The van der Waals surface area contributed by atoms with E-state index in [-0.39, 0.29) is 31.0 Å². The van der Waals surface area contributed by atoms with E-state index in [1.807, 2.05) is 38.1 Å². The van der Waals surface area contributed by atoms with Crippen LogP contribution in [0.15, 0.2) is 24.3 Å². The molecular formula is C25H30O8. The van der Waals surface area contributed by atoms with E-state index in [0.29, 0.717) is 40.9 Å². The van der Waals surface area contributed by atoms with Crippen molar-refractivity contribution in [2.45, 2.75) is 25.9 Å². The number of Topliss-reactive ketones (excluding diaryl/α,β-unsaturated/α-hetero) is 1. The van der Waals surface area contributed by atoms with Crippen molar-refractivity contribution in [3.8, 4) is 28.7 Å². The van der Waals surface area contributed by atoms with Crippen LogP contribution >= 0.6 is 0 Å². The third-order valence-corrected chi connectivity index (χ3v) is 6.43. The maximum absolute atomic E-state index is 13.1. The number of benzene rings is 2. The summed E-state index contributed by atoms with van der Waals surface area (Å²) in [5.41, 5.74) is 2.36. The van der Waals surface area contributed by atoms with Crippen molar-refractivity contribution < 1.29 is 38.3 Å². The number of carbonyl (C=O) groups excluding carboxylic acids is 1. The van der Waals surface area contributed by atoms with Gasteiger partial charge in [0.25, 0.3) is 0 Å². The molecule has 2 heterocycles. The lowest BCUT2D eigenvalue weighted by atomic mass is 9.63. The summed E-state index contributed by atoms with van der Waals surface area (Å²) < 4.78 is 33.2. The van der Waals surface area contributed by atoms with Gasteiger partial charge in [-0.3, -0.25) is 4.79 Å². The molecule has 0 saturated carbocycles. The van der Waals surface area contributed by atoms with Crippen molar-refractivity contribution in [1.29, 1.82) is 0 Å². The van der Waals surface area contributed by atoms with E-state index in [1.54, 1.807) is 21.3 Å². The van der Waals surface area contributed by atoms with Gasteiger partial charge in [-0.05, 0) is 41.0 Å². The molecule has 2 unspecified atom stereocenters. The first-order valence-electron chi connectivity index (χ1n) is 11.1. The van der Waals surface area contributed by atoms with Crippen LogP contribution in [0.4, 0.5) is 0 Å².